The van der Waals surface area contributed by atoms with Crippen molar-refractivity contribution in [1.29, 1.82) is 0 Å². The van der Waals surface area contributed by atoms with Crippen molar-refractivity contribution in [2.75, 3.05) is 6.61 Å². The Morgan fingerprint density at radius 3 is 2.74 bits per heavy atom. The molecule has 1 N–H and O–H groups in total. The van der Waals surface area contributed by atoms with Gasteiger partial charge in [0.25, 0.3) is 0 Å². The summed E-state index contributed by atoms with van der Waals surface area (Å²) in [6.45, 7) is 6.59. The average molecular weight is 262 g/mol. The fourth-order valence-corrected chi connectivity index (χ4v) is 2.14. The fraction of sp³-hybridized carbons (Fsp3) is 0.400. The zero-order chi connectivity index (χ0) is 14.0. The van der Waals surface area contributed by atoms with Gasteiger partial charge in [0.05, 0.1) is 6.61 Å². The van der Waals surface area contributed by atoms with Crippen molar-refractivity contribution in [2.45, 2.75) is 33.1 Å². The van der Waals surface area contributed by atoms with Crippen LogP contribution in [0.5, 0.6) is 5.75 Å². The standard InChI is InChI=1S/C15H18O4/c1-4-7-18-10-5-6-12-11(8-10)13(9(2)3)14(19-12)15(16)17/h5-6,8-9H,4,7H2,1-3H3,(H,16,17). The quantitative estimate of drug-likeness (QED) is 0.883. The Hall–Kier alpha value is -1.97. The highest BCUT2D eigenvalue weighted by atomic mass is 16.5. The lowest BCUT2D eigenvalue weighted by molar-refractivity contribution is 0.0663. The van der Waals surface area contributed by atoms with Gasteiger partial charge in [-0.15, -0.1) is 0 Å². The van der Waals surface area contributed by atoms with Gasteiger partial charge in [-0.3, -0.25) is 0 Å². The monoisotopic (exact) mass is 262 g/mol. The van der Waals surface area contributed by atoms with E-state index in [0.29, 0.717) is 12.2 Å². The molecule has 4 heteroatoms. The molecule has 0 aliphatic rings. The van der Waals surface area contributed by atoms with Gasteiger partial charge in [0, 0.05) is 10.9 Å². The number of benzene rings is 1. The van der Waals surface area contributed by atoms with Gasteiger partial charge < -0.3 is 14.3 Å². The molecule has 2 rings (SSSR count). The Bertz CT molecular complexity index is 595. The van der Waals surface area contributed by atoms with Crippen molar-refractivity contribution < 1.29 is 19.1 Å². The average Bonchev–Trinajstić information content (AvgIpc) is 2.75. The van der Waals surface area contributed by atoms with Crippen LogP contribution < -0.4 is 4.74 Å². The summed E-state index contributed by atoms with van der Waals surface area (Å²) in [6.07, 6.45) is 0.931. The number of carboxylic acids is 1. The first-order valence-corrected chi connectivity index (χ1v) is 6.47. The summed E-state index contributed by atoms with van der Waals surface area (Å²) in [7, 11) is 0. The first kappa shape index (κ1) is 13.5. The Balaban J connectivity index is 2.56. The van der Waals surface area contributed by atoms with Crippen LogP contribution in [0.15, 0.2) is 22.6 Å². The van der Waals surface area contributed by atoms with Gasteiger partial charge >= 0.3 is 5.97 Å². The minimum Gasteiger partial charge on any atom is -0.494 e. The van der Waals surface area contributed by atoms with Gasteiger partial charge in [-0.1, -0.05) is 20.8 Å². The second kappa shape index (κ2) is 5.34. The summed E-state index contributed by atoms with van der Waals surface area (Å²) in [5.41, 5.74) is 1.31. The molecule has 0 amide bonds. The highest BCUT2D eigenvalue weighted by molar-refractivity contribution is 5.96. The van der Waals surface area contributed by atoms with Crippen molar-refractivity contribution in [3.05, 3.63) is 29.5 Å². The van der Waals surface area contributed by atoms with Crippen LogP contribution >= 0.6 is 0 Å². The minimum atomic E-state index is -1.03. The summed E-state index contributed by atoms with van der Waals surface area (Å²) in [5.74, 6) is -0.184. The highest BCUT2D eigenvalue weighted by Gasteiger charge is 2.22. The van der Waals surface area contributed by atoms with Crippen LogP contribution in [0.25, 0.3) is 11.0 Å². The Labute approximate surface area is 112 Å². The molecule has 4 nitrogen and oxygen atoms in total. The molecule has 102 valence electrons. The maximum Gasteiger partial charge on any atom is 0.372 e. The molecule has 1 heterocycles. The van der Waals surface area contributed by atoms with Crippen LogP contribution in [0.1, 0.15) is 49.2 Å². The maximum atomic E-state index is 11.2. The molecule has 0 aliphatic heterocycles. The molecule has 0 spiro atoms. The van der Waals surface area contributed by atoms with Crippen molar-refractivity contribution in [3.8, 4) is 5.75 Å². The van der Waals surface area contributed by atoms with Crippen LogP contribution in [0.2, 0.25) is 0 Å². The molecule has 2 aromatic rings. The fourth-order valence-electron chi connectivity index (χ4n) is 2.14. The molecule has 0 saturated carbocycles. The van der Waals surface area contributed by atoms with E-state index in [4.69, 9.17) is 9.15 Å². The topological polar surface area (TPSA) is 59.7 Å². The third-order valence-corrected chi connectivity index (χ3v) is 2.94. The molecule has 0 saturated heterocycles. The number of fused-ring (bicyclic) bond motifs is 1. The molecular weight excluding hydrogens is 244 g/mol. The number of furan rings is 1. The predicted octanol–water partition coefficient (Wildman–Crippen LogP) is 4.04. The molecule has 1 aromatic heterocycles. The van der Waals surface area contributed by atoms with E-state index in [1.165, 1.54) is 0 Å². The second-order valence-electron chi connectivity index (χ2n) is 4.81. The highest BCUT2D eigenvalue weighted by Crippen LogP contribution is 2.34. The summed E-state index contributed by atoms with van der Waals surface area (Å²) in [5, 5.41) is 10.0. The molecular formula is C15H18O4. The largest absolute Gasteiger partial charge is 0.494 e. The van der Waals surface area contributed by atoms with Crippen molar-refractivity contribution in [3.63, 3.8) is 0 Å². The molecule has 0 aliphatic carbocycles. The summed E-state index contributed by atoms with van der Waals surface area (Å²) in [6, 6.07) is 5.42. The first-order valence-electron chi connectivity index (χ1n) is 6.47. The third kappa shape index (κ3) is 2.57. The first-order chi connectivity index (χ1) is 9.04. The van der Waals surface area contributed by atoms with E-state index in [9.17, 15) is 9.90 Å². The number of ether oxygens (including phenoxy) is 1. The SMILES string of the molecule is CCCOc1ccc2oc(C(=O)O)c(C(C)C)c2c1. The van der Waals surface area contributed by atoms with E-state index in [1.807, 2.05) is 26.8 Å². The van der Waals surface area contributed by atoms with E-state index in [1.54, 1.807) is 12.1 Å². The molecule has 0 unspecified atom stereocenters. The predicted molar refractivity (Wildman–Crippen MR) is 73.0 cm³/mol. The smallest absolute Gasteiger partial charge is 0.372 e. The van der Waals surface area contributed by atoms with E-state index < -0.39 is 5.97 Å². The van der Waals surface area contributed by atoms with Crippen LogP contribution in [0.3, 0.4) is 0 Å². The van der Waals surface area contributed by atoms with Crippen molar-refractivity contribution in [2.24, 2.45) is 0 Å². The second-order valence-corrected chi connectivity index (χ2v) is 4.81. The lowest BCUT2D eigenvalue weighted by Crippen LogP contribution is -2.00. The number of rotatable bonds is 5. The third-order valence-electron chi connectivity index (χ3n) is 2.94. The van der Waals surface area contributed by atoms with Gasteiger partial charge in [-0.2, -0.15) is 0 Å². The normalized spacial score (nSPS) is 11.2. The van der Waals surface area contributed by atoms with Crippen molar-refractivity contribution in [1.82, 2.24) is 0 Å². The Morgan fingerprint density at radius 1 is 1.42 bits per heavy atom. The lowest BCUT2D eigenvalue weighted by Gasteiger charge is -2.06. The van der Waals surface area contributed by atoms with Gasteiger partial charge in [0.15, 0.2) is 0 Å². The lowest BCUT2D eigenvalue weighted by atomic mass is 9.99. The van der Waals surface area contributed by atoms with Crippen LogP contribution in [0.4, 0.5) is 0 Å². The van der Waals surface area contributed by atoms with Gasteiger partial charge in [0.1, 0.15) is 11.3 Å². The minimum absolute atomic E-state index is 0.0256. The molecule has 0 radical (unpaired) electrons. The number of carboxylic acid groups (broad SMARTS) is 1. The number of aromatic carboxylic acids is 1. The van der Waals surface area contributed by atoms with Crippen LogP contribution in [-0.2, 0) is 0 Å². The zero-order valence-electron chi connectivity index (χ0n) is 11.4. The van der Waals surface area contributed by atoms with E-state index in [-0.39, 0.29) is 11.7 Å². The number of carbonyl (C=O) groups is 1. The summed E-state index contributed by atoms with van der Waals surface area (Å²) < 4.78 is 11.0. The van der Waals surface area contributed by atoms with Crippen molar-refractivity contribution >= 4 is 16.9 Å². The Kier molecular flexibility index (Phi) is 3.79. The summed E-state index contributed by atoms with van der Waals surface area (Å²) >= 11 is 0. The zero-order valence-corrected chi connectivity index (χ0v) is 11.4. The van der Waals surface area contributed by atoms with E-state index in [0.717, 1.165) is 23.1 Å². The Morgan fingerprint density at radius 2 is 2.16 bits per heavy atom. The van der Waals surface area contributed by atoms with Gasteiger partial charge in [-0.25, -0.2) is 4.79 Å². The molecule has 19 heavy (non-hydrogen) atoms. The van der Waals surface area contributed by atoms with Crippen LogP contribution in [-0.4, -0.2) is 17.7 Å². The molecule has 0 bridgehead atoms. The molecule has 0 atom stereocenters. The van der Waals surface area contributed by atoms with Gasteiger partial charge in [0.2, 0.25) is 5.76 Å². The number of hydrogen-bond acceptors (Lipinski definition) is 3. The number of hydrogen-bond donors (Lipinski definition) is 1. The van der Waals surface area contributed by atoms with Crippen LogP contribution in [0, 0.1) is 0 Å². The maximum absolute atomic E-state index is 11.2. The van der Waals surface area contributed by atoms with E-state index in [2.05, 4.69) is 0 Å². The summed E-state index contributed by atoms with van der Waals surface area (Å²) in [4.78, 5) is 11.2. The van der Waals surface area contributed by atoms with E-state index >= 15 is 0 Å². The molecule has 1 aromatic carbocycles. The molecule has 0 fully saturated rings. The van der Waals surface area contributed by atoms with Gasteiger partial charge in [-0.05, 0) is 30.5 Å².